The Morgan fingerprint density at radius 1 is 1.53 bits per heavy atom. The molecule has 3 N–H and O–H groups in total. The smallest absolute Gasteiger partial charge is 0.310 e. The quantitative estimate of drug-likeness (QED) is 0.608. The molecule has 1 heterocycles. The first kappa shape index (κ1) is 11.9. The minimum atomic E-state index is -0.120. The lowest BCUT2D eigenvalue weighted by molar-refractivity contribution is -0.147. The molecule has 0 amide bonds. The summed E-state index contributed by atoms with van der Waals surface area (Å²) >= 11 is 0. The molecule has 2 rings (SSSR count). The minimum absolute atomic E-state index is 0.100. The number of nitrogens with one attached hydrogen (secondary N) is 1. The van der Waals surface area contributed by atoms with Gasteiger partial charge in [-0.2, -0.15) is 0 Å². The predicted molar refractivity (Wildman–Crippen MR) is 66.6 cm³/mol. The van der Waals surface area contributed by atoms with Crippen molar-refractivity contribution in [3.63, 3.8) is 0 Å². The van der Waals surface area contributed by atoms with E-state index in [4.69, 9.17) is 10.5 Å². The van der Waals surface area contributed by atoms with Crippen molar-refractivity contribution in [2.24, 2.45) is 5.92 Å². The maximum Gasteiger partial charge on any atom is 0.310 e. The number of nitrogen functional groups attached to an aromatic ring is 1. The van der Waals surface area contributed by atoms with Crippen molar-refractivity contribution in [1.29, 1.82) is 0 Å². The maximum absolute atomic E-state index is 11.8. The minimum Gasteiger partial charge on any atom is -0.466 e. The topological polar surface area (TPSA) is 64.3 Å². The van der Waals surface area contributed by atoms with Crippen molar-refractivity contribution < 1.29 is 9.53 Å². The Labute approximate surface area is 101 Å². The van der Waals surface area contributed by atoms with Crippen LogP contribution in [0.3, 0.4) is 0 Å². The zero-order valence-electron chi connectivity index (χ0n) is 9.98. The summed E-state index contributed by atoms with van der Waals surface area (Å²) in [5.41, 5.74) is 7.61. The van der Waals surface area contributed by atoms with E-state index >= 15 is 0 Å². The summed E-state index contributed by atoms with van der Waals surface area (Å²) in [6.45, 7) is 3.74. The van der Waals surface area contributed by atoms with Crippen molar-refractivity contribution in [2.75, 3.05) is 25.4 Å². The summed E-state index contributed by atoms with van der Waals surface area (Å²) in [4.78, 5) is 11.8. The van der Waals surface area contributed by atoms with Crippen molar-refractivity contribution in [2.45, 2.75) is 12.8 Å². The number of anilines is 1. The van der Waals surface area contributed by atoms with Crippen molar-refractivity contribution >= 4 is 11.7 Å². The van der Waals surface area contributed by atoms with E-state index in [9.17, 15) is 4.79 Å². The second-order valence-corrected chi connectivity index (χ2v) is 4.29. The number of esters is 1. The molecule has 1 fully saturated rings. The first-order valence-corrected chi connectivity index (χ1v) is 5.95. The van der Waals surface area contributed by atoms with Crippen LogP contribution in [0.2, 0.25) is 0 Å². The van der Waals surface area contributed by atoms with Crippen LogP contribution in [0.15, 0.2) is 24.3 Å². The van der Waals surface area contributed by atoms with Gasteiger partial charge in [-0.3, -0.25) is 4.79 Å². The highest BCUT2D eigenvalue weighted by molar-refractivity contribution is 5.74. The molecule has 1 aliphatic heterocycles. The van der Waals surface area contributed by atoms with Gasteiger partial charge in [-0.1, -0.05) is 12.1 Å². The molecule has 1 aromatic rings. The largest absolute Gasteiger partial charge is 0.466 e. The predicted octanol–water partition coefficient (Wildman–Crippen LogP) is 1.13. The van der Waals surface area contributed by atoms with Crippen LogP contribution in [-0.4, -0.2) is 25.7 Å². The monoisotopic (exact) mass is 234 g/mol. The standard InChI is InChI=1S/C13H18N2O2/c1-2-17-13(16)12-8-15-7-11(12)9-4-3-5-10(14)6-9/h3-6,11-12,15H,2,7-8,14H2,1H3. The Bertz CT molecular complexity index is 406. The van der Waals surface area contributed by atoms with Gasteiger partial charge < -0.3 is 15.8 Å². The van der Waals surface area contributed by atoms with Crippen LogP contribution in [0.1, 0.15) is 18.4 Å². The fourth-order valence-corrected chi connectivity index (χ4v) is 2.32. The van der Waals surface area contributed by atoms with Gasteiger partial charge in [0.05, 0.1) is 12.5 Å². The molecule has 92 valence electrons. The number of hydrogen-bond donors (Lipinski definition) is 2. The summed E-state index contributed by atoms with van der Waals surface area (Å²) < 4.78 is 5.10. The van der Waals surface area contributed by atoms with Gasteiger partial charge in [0.15, 0.2) is 0 Å². The second-order valence-electron chi connectivity index (χ2n) is 4.29. The van der Waals surface area contributed by atoms with Crippen LogP contribution >= 0.6 is 0 Å². The average molecular weight is 234 g/mol. The molecule has 0 bridgehead atoms. The molecular weight excluding hydrogens is 216 g/mol. The summed E-state index contributed by atoms with van der Waals surface area (Å²) in [5, 5.41) is 3.24. The molecule has 4 heteroatoms. The third-order valence-corrected chi connectivity index (χ3v) is 3.14. The third kappa shape index (κ3) is 2.58. The van der Waals surface area contributed by atoms with Gasteiger partial charge in [0.1, 0.15) is 0 Å². The van der Waals surface area contributed by atoms with E-state index in [1.54, 1.807) is 0 Å². The first-order valence-electron chi connectivity index (χ1n) is 5.95. The molecule has 0 aromatic heterocycles. The van der Waals surface area contributed by atoms with Crippen LogP contribution in [0, 0.1) is 5.92 Å². The van der Waals surface area contributed by atoms with E-state index in [1.807, 2.05) is 31.2 Å². The van der Waals surface area contributed by atoms with Crippen LogP contribution in [0.25, 0.3) is 0 Å². The number of benzene rings is 1. The lowest BCUT2D eigenvalue weighted by Gasteiger charge is -2.17. The van der Waals surface area contributed by atoms with Gasteiger partial charge in [-0.15, -0.1) is 0 Å². The first-order chi connectivity index (χ1) is 8.22. The molecule has 2 unspecified atom stereocenters. The Hall–Kier alpha value is -1.55. The highest BCUT2D eigenvalue weighted by Gasteiger charge is 2.34. The van der Waals surface area contributed by atoms with Crippen LogP contribution < -0.4 is 11.1 Å². The zero-order valence-corrected chi connectivity index (χ0v) is 9.98. The SMILES string of the molecule is CCOC(=O)C1CNCC1c1cccc(N)c1. The van der Waals surface area contributed by atoms with Crippen molar-refractivity contribution in [3.05, 3.63) is 29.8 Å². The molecule has 0 radical (unpaired) electrons. The van der Waals surface area contributed by atoms with Gasteiger partial charge in [0.2, 0.25) is 0 Å². The highest BCUT2D eigenvalue weighted by atomic mass is 16.5. The van der Waals surface area contributed by atoms with Gasteiger partial charge in [0.25, 0.3) is 0 Å². The third-order valence-electron chi connectivity index (χ3n) is 3.14. The molecular formula is C13H18N2O2. The molecule has 2 atom stereocenters. The molecule has 4 nitrogen and oxygen atoms in total. The Morgan fingerprint density at radius 3 is 3.06 bits per heavy atom. The second kappa shape index (κ2) is 5.19. The number of carbonyl (C=O) groups is 1. The normalized spacial score (nSPS) is 23.6. The Kier molecular flexibility index (Phi) is 3.64. The van der Waals surface area contributed by atoms with Gasteiger partial charge in [-0.05, 0) is 24.6 Å². The highest BCUT2D eigenvalue weighted by Crippen LogP contribution is 2.29. The number of carbonyl (C=O) groups excluding carboxylic acids is 1. The number of nitrogens with two attached hydrogens (primary N) is 1. The van der Waals surface area contributed by atoms with E-state index in [1.165, 1.54) is 0 Å². The van der Waals surface area contributed by atoms with Gasteiger partial charge in [-0.25, -0.2) is 0 Å². The summed E-state index contributed by atoms with van der Waals surface area (Å²) in [6, 6.07) is 7.72. The molecule has 17 heavy (non-hydrogen) atoms. The Morgan fingerprint density at radius 2 is 2.35 bits per heavy atom. The summed E-state index contributed by atoms with van der Waals surface area (Å²) in [7, 11) is 0. The fraction of sp³-hybridized carbons (Fsp3) is 0.462. The number of hydrogen-bond acceptors (Lipinski definition) is 4. The fourth-order valence-electron chi connectivity index (χ4n) is 2.32. The van der Waals surface area contributed by atoms with Crippen LogP contribution in [0.5, 0.6) is 0 Å². The average Bonchev–Trinajstić information content (AvgIpc) is 2.78. The summed E-state index contributed by atoms with van der Waals surface area (Å²) in [5.74, 6) is -0.0563. The maximum atomic E-state index is 11.8. The van der Waals surface area contributed by atoms with Crippen molar-refractivity contribution in [3.8, 4) is 0 Å². The zero-order chi connectivity index (χ0) is 12.3. The lowest BCUT2D eigenvalue weighted by atomic mass is 9.89. The van der Waals surface area contributed by atoms with Crippen LogP contribution in [0.4, 0.5) is 5.69 Å². The van der Waals surface area contributed by atoms with E-state index in [-0.39, 0.29) is 17.8 Å². The molecule has 1 aromatic carbocycles. The van der Waals surface area contributed by atoms with E-state index in [0.29, 0.717) is 13.2 Å². The number of rotatable bonds is 3. The van der Waals surface area contributed by atoms with Gasteiger partial charge >= 0.3 is 5.97 Å². The molecule has 0 spiro atoms. The lowest BCUT2D eigenvalue weighted by Crippen LogP contribution is -2.24. The van der Waals surface area contributed by atoms with Gasteiger partial charge in [0, 0.05) is 24.7 Å². The van der Waals surface area contributed by atoms with E-state index < -0.39 is 0 Å². The molecule has 1 saturated heterocycles. The van der Waals surface area contributed by atoms with Crippen molar-refractivity contribution in [1.82, 2.24) is 5.32 Å². The van der Waals surface area contributed by atoms with E-state index in [0.717, 1.165) is 17.8 Å². The van der Waals surface area contributed by atoms with E-state index in [2.05, 4.69) is 5.32 Å². The van der Waals surface area contributed by atoms with Crippen LogP contribution in [-0.2, 0) is 9.53 Å². The molecule has 0 aliphatic carbocycles. The molecule has 0 saturated carbocycles. The Balaban J connectivity index is 2.17. The molecule has 1 aliphatic rings. The summed E-state index contributed by atoms with van der Waals surface area (Å²) in [6.07, 6.45) is 0. The number of ether oxygens (including phenoxy) is 1.